The molecule has 0 amide bonds. The van der Waals surface area contributed by atoms with E-state index in [1.165, 1.54) is 0 Å². The Morgan fingerprint density at radius 1 is 1.23 bits per heavy atom. The summed E-state index contributed by atoms with van der Waals surface area (Å²) < 4.78 is 19.1. The molecule has 0 aliphatic carbocycles. The molecule has 3 aromatic rings. The number of carbonyl (C=O) groups is 1. The summed E-state index contributed by atoms with van der Waals surface area (Å²) in [6.45, 7) is 1.09. The number of aldehydes is 1. The molecule has 30 heavy (non-hydrogen) atoms. The molecule has 0 spiro atoms. The lowest BCUT2D eigenvalue weighted by molar-refractivity contribution is -0.113. The van der Waals surface area contributed by atoms with Gasteiger partial charge < -0.3 is 14.2 Å². The third-order valence-corrected chi connectivity index (χ3v) is 5.65. The minimum Gasteiger partial charge on any atom is -0.482 e. The second kappa shape index (κ2) is 9.28. The van der Waals surface area contributed by atoms with Gasteiger partial charge in [0.1, 0.15) is 24.0 Å². The lowest BCUT2D eigenvalue weighted by atomic mass is 10.1. The van der Waals surface area contributed by atoms with Crippen molar-refractivity contribution >= 4 is 22.6 Å². The summed E-state index contributed by atoms with van der Waals surface area (Å²) in [7, 11) is 0.131. The van der Waals surface area contributed by atoms with E-state index in [9.17, 15) is 4.79 Å². The van der Waals surface area contributed by atoms with Crippen LogP contribution in [0.4, 0.5) is 0 Å². The van der Waals surface area contributed by atoms with Gasteiger partial charge in [0.2, 0.25) is 0 Å². The van der Waals surface area contributed by atoms with Crippen LogP contribution >= 0.6 is 10.5 Å². The van der Waals surface area contributed by atoms with Gasteiger partial charge in [0, 0.05) is 30.0 Å². The van der Waals surface area contributed by atoms with Gasteiger partial charge in [0.05, 0.1) is 12.3 Å². The Kier molecular flexibility index (Phi) is 6.30. The van der Waals surface area contributed by atoms with Crippen molar-refractivity contribution in [3.63, 3.8) is 0 Å². The van der Waals surface area contributed by atoms with Crippen LogP contribution in [0.2, 0.25) is 0 Å². The summed E-state index contributed by atoms with van der Waals surface area (Å²) in [5.41, 5.74) is 3.04. The highest BCUT2D eigenvalue weighted by atomic mass is 32.2. The van der Waals surface area contributed by atoms with Crippen LogP contribution in [0.5, 0.6) is 17.2 Å². The number of aromatic nitrogens is 2. The van der Waals surface area contributed by atoms with E-state index >= 15 is 0 Å². The van der Waals surface area contributed by atoms with Gasteiger partial charge in [-0.25, -0.2) is 4.68 Å². The molecule has 1 aliphatic heterocycles. The Bertz CT molecular complexity index is 1050. The molecular weight excluding hydrogens is 400 g/mol. The van der Waals surface area contributed by atoms with Crippen LogP contribution in [-0.2, 0) is 22.7 Å². The van der Waals surface area contributed by atoms with Crippen molar-refractivity contribution in [2.24, 2.45) is 0 Å². The van der Waals surface area contributed by atoms with Crippen molar-refractivity contribution in [1.82, 2.24) is 9.78 Å². The minimum absolute atomic E-state index is 0.131. The zero-order chi connectivity index (χ0) is 20.9. The van der Waals surface area contributed by atoms with Crippen molar-refractivity contribution in [3.05, 3.63) is 60.3 Å². The predicted molar refractivity (Wildman–Crippen MR) is 120 cm³/mol. The third-order valence-electron chi connectivity index (χ3n) is 4.78. The van der Waals surface area contributed by atoms with Gasteiger partial charge in [0.15, 0.2) is 12.4 Å². The first-order chi connectivity index (χ1) is 14.6. The molecule has 7 heteroatoms. The van der Waals surface area contributed by atoms with Crippen molar-refractivity contribution in [1.29, 1.82) is 0 Å². The van der Waals surface area contributed by atoms with E-state index in [0.29, 0.717) is 31.3 Å². The summed E-state index contributed by atoms with van der Waals surface area (Å²) in [6, 6.07) is 15.4. The Morgan fingerprint density at radius 2 is 2.03 bits per heavy atom. The number of ether oxygens (including phenoxy) is 3. The topological polar surface area (TPSA) is 62.6 Å². The van der Waals surface area contributed by atoms with Crippen molar-refractivity contribution < 1.29 is 19.0 Å². The SMILES string of the molecule is C=[S@@](C)CCOCn1nccc1-c1ccc(Oc2ccc3c(c2)OC(C=O)C3)cc1. The van der Waals surface area contributed by atoms with Gasteiger partial charge in [-0.15, -0.1) is 0 Å². The van der Waals surface area contributed by atoms with E-state index in [-0.39, 0.29) is 10.5 Å². The maximum absolute atomic E-state index is 10.9. The van der Waals surface area contributed by atoms with E-state index in [1.807, 2.05) is 53.2 Å². The van der Waals surface area contributed by atoms with Crippen LogP contribution in [0.3, 0.4) is 0 Å². The van der Waals surface area contributed by atoms with Gasteiger partial charge >= 0.3 is 0 Å². The summed E-state index contributed by atoms with van der Waals surface area (Å²) in [5.74, 6) is 7.04. The first-order valence-electron chi connectivity index (χ1n) is 9.67. The lowest BCUT2D eigenvalue weighted by Crippen LogP contribution is -2.13. The standard InChI is InChI=1S/C23H24N2O4S/c1-30(2)12-11-27-16-25-22(9-10-24-25)17-3-6-19(7-4-17)28-20-8-5-18-13-21(15-26)29-23(18)14-20/h3-10,14-15,21H,1,11-13,16H2,2H3/t21?,30-/m0/s1. The summed E-state index contributed by atoms with van der Waals surface area (Å²) in [4.78, 5) is 10.9. The van der Waals surface area contributed by atoms with Crippen molar-refractivity contribution in [2.45, 2.75) is 19.3 Å². The molecular formula is C23H24N2O4S. The lowest BCUT2D eigenvalue weighted by Gasteiger charge is -2.10. The molecule has 0 saturated carbocycles. The molecule has 0 fully saturated rings. The van der Waals surface area contributed by atoms with Crippen LogP contribution in [0.1, 0.15) is 5.56 Å². The average Bonchev–Trinajstić information content (AvgIpc) is 3.38. The minimum atomic E-state index is -0.397. The number of carbonyl (C=O) groups excluding carboxylic acids is 1. The first kappa shape index (κ1) is 20.4. The smallest absolute Gasteiger partial charge is 0.160 e. The molecule has 156 valence electrons. The van der Waals surface area contributed by atoms with Crippen LogP contribution in [0.25, 0.3) is 11.3 Å². The van der Waals surface area contributed by atoms with Gasteiger partial charge in [-0.1, -0.05) is 11.9 Å². The number of benzene rings is 2. The molecule has 4 rings (SSSR count). The summed E-state index contributed by atoms with van der Waals surface area (Å²) in [6.07, 6.45) is 4.91. The molecule has 6 nitrogen and oxygen atoms in total. The highest BCUT2D eigenvalue weighted by Crippen LogP contribution is 2.34. The number of hydrogen-bond acceptors (Lipinski definition) is 5. The molecule has 0 N–H and O–H groups in total. The maximum atomic E-state index is 10.9. The normalized spacial score (nSPS) is 16.0. The molecule has 2 heterocycles. The molecule has 2 aromatic carbocycles. The molecule has 0 radical (unpaired) electrons. The second-order valence-corrected chi connectivity index (χ2v) is 9.10. The van der Waals surface area contributed by atoms with Crippen LogP contribution in [0, 0.1) is 0 Å². The quantitative estimate of drug-likeness (QED) is 0.293. The van der Waals surface area contributed by atoms with Crippen molar-refractivity contribution in [2.75, 3.05) is 18.6 Å². The van der Waals surface area contributed by atoms with E-state index in [2.05, 4.69) is 17.2 Å². The zero-order valence-corrected chi connectivity index (χ0v) is 17.6. The van der Waals surface area contributed by atoms with E-state index < -0.39 is 6.10 Å². The van der Waals surface area contributed by atoms with E-state index in [4.69, 9.17) is 14.2 Å². The Balaban J connectivity index is 1.40. The van der Waals surface area contributed by atoms with Crippen molar-refractivity contribution in [3.8, 4) is 28.5 Å². The largest absolute Gasteiger partial charge is 0.482 e. The molecule has 1 unspecified atom stereocenters. The first-order valence-corrected chi connectivity index (χ1v) is 11.6. The molecule has 1 aliphatic rings. The fraction of sp³-hybridized carbons (Fsp3) is 0.261. The Morgan fingerprint density at radius 3 is 2.80 bits per heavy atom. The monoisotopic (exact) mass is 424 g/mol. The number of rotatable bonds is 9. The molecule has 0 bridgehead atoms. The summed E-state index contributed by atoms with van der Waals surface area (Å²) >= 11 is 0. The molecule has 2 atom stereocenters. The van der Waals surface area contributed by atoms with E-state index in [1.54, 1.807) is 6.20 Å². The highest BCUT2D eigenvalue weighted by Gasteiger charge is 2.22. The molecule has 0 saturated heterocycles. The van der Waals surface area contributed by atoms with E-state index in [0.717, 1.165) is 34.6 Å². The molecule has 1 aromatic heterocycles. The number of hydrogen-bond donors (Lipinski definition) is 0. The van der Waals surface area contributed by atoms with Crippen LogP contribution < -0.4 is 9.47 Å². The number of nitrogens with zero attached hydrogens (tertiary/aromatic N) is 2. The van der Waals surface area contributed by atoms with Gasteiger partial charge in [-0.3, -0.25) is 4.79 Å². The maximum Gasteiger partial charge on any atom is 0.160 e. The Hall–Kier alpha value is -2.90. The highest BCUT2D eigenvalue weighted by molar-refractivity contribution is 8.13. The van der Waals surface area contributed by atoms with Gasteiger partial charge in [-0.05, 0) is 48.2 Å². The zero-order valence-electron chi connectivity index (χ0n) is 16.8. The summed E-state index contributed by atoms with van der Waals surface area (Å²) in [5, 5.41) is 4.35. The third kappa shape index (κ3) is 4.80. The fourth-order valence-corrected chi connectivity index (χ4v) is 3.64. The van der Waals surface area contributed by atoms with Gasteiger partial charge in [-0.2, -0.15) is 15.6 Å². The number of fused-ring (bicyclic) bond motifs is 1. The van der Waals surface area contributed by atoms with Crippen LogP contribution in [-0.4, -0.2) is 46.7 Å². The second-order valence-electron chi connectivity index (χ2n) is 7.13. The van der Waals surface area contributed by atoms with Gasteiger partial charge in [0.25, 0.3) is 0 Å². The Labute approximate surface area is 178 Å². The predicted octanol–water partition coefficient (Wildman–Crippen LogP) is 4.15. The van der Waals surface area contributed by atoms with Crippen LogP contribution in [0.15, 0.2) is 54.7 Å². The average molecular weight is 425 g/mol. The fourth-order valence-electron chi connectivity index (χ4n) is 3.24.